The molecule has 4 rings (SSSR count). The minimum Gasteiger partial charge on any atom is -0.494 e. The van der Waals surface area contributed by atoms with E-state index in [0.717, 1.165) is 41.5 Å². The monoisotopic (exact) mass is 424 g/mol. The first kappa shape index (κ1) is 21.8. The van der Waals surface area contributed by atoms with Crippen molar-refractivity contribution in [3.8, 4) is 5.75 Å². The molecule has 0 fully saturated rings. The number of benzene rings is 4. The number of fused-ring (bicyclic) bond motifs is 1. The summed E-state index contributed by atoms with van der Waals surface area (Å²) in [6.07, 6.45) is 6.24. The van der Waals surface area contributed by atoms with E-state index >= 15 is 0 Å². The first-order valence-corrected chi connectivity index (χ1v) is 11.6. The zero-order valence-electron chi connectivity index (χ0n) is 18.8. The highest BCUT2D eigenvalue weighted by molar-refractivity contribution is 5.90. The number of para-hydroxylation sites is 1. The van der Waals surface area contributed by atoms with E-state index in [-0.39, 0.29) is 0 Å². The summed E-state index contributed by atoms with van der Waals surface area (Å²) in [5, 5.41) is 2.37. The lowest BCUT2D eigenvalue weighted by atomic mass is 10.1. The summed E-state index contributed by atoms with van der Waals surface area (Å²) in [7, 11) is 0. The van der Waals surface area contributed by atoms with Gasteiger partial charge in [0.05, 0.1) is 6.61 Å². The highest BCUT2D eigenvalue weighted by atomic mass is 16.5. The fourth-order valence-corrected chi connectivity index (χ4v) is 3.98. The second kappa shape index (κ2) is 10.7. The Morgan fingerprint density at radius 2 is 1.31 bits per heavy atom. The molecule has 2 N–H and O–H groups in total. The molecule has 3 nitrogen and oxygen atoms in total. The molecular weight excluding hydrogens is 392 g/mol. The lowest BCUT2D eigenvalue weighted by Crippen LogP contribution is -2.09. The molecule has 3 heteroatoms. The van der Waals surface area contributed by atoms with Gasteiger partial charge in [-0.1, -0.05) is 62.9 Å². The summed E-state index contributed by atoms with van der Waals surface area (Å²) in [5.74, 6) is 0.944. The van der Waals surface area contributed by atoms with Gasteiger partial charge in [-0.25, -0.2) is 0 Å². The summed E-state index contributed by atoms with van der Waals surface area (Å²) < 4.78 is 6.00. The number of hydrogen-bond acceptors (Lipinski definition) is 3. The molecule has 0 aliphatic carbocycles. The lowest BCUT2D eigenvalue weighted by Gasteiger charge is -2.26. The van der Waals surface area contributed by atoms with E-state index in [1.165, 1.54) is 36.5 Å². The minimum absolute atomic E-state index is 0.762. The Bertz CT molecular complexity index is 1120. The van der Waals surface area contributed by atoms with Crippen molar-refractivity contribution in [2.45, 2.75) is 39.0 Å². The second-order valence-electron chi connectivity index (χ2n) is 8.22. The molecule has 0 amide bonds. The molecule has 0 heterocycles. The van der Waals surface area contributed by atoms with Crippen LogP contribution in [0.2, 0.25) is 0 Å². The molecule has 0 aliphatic heterocycles. The topological polar surface area (TPSA) is 38.5 Å². The van der Waals surface area contributed by atoms with Gasteiger partial charge in [-0.15, -0.1) is 0 Å². The van der Waals surface area contributed by atoms with Crippen LogP contribution < -0.4 is 15.4 Å². The van der Waals surface area contributed by atoms with Crippen molar-refractivity contribution in [3.63, 3.8) is 0 Å². The molecule has 4 aromatic carbocycles. The first-order valence-electron chi connectivity index (χ1n) is 11.6. The van der Waals surface area contributed by atoms with Crippen LogP contribution in [0.25, 0.3) is 10.8 Å². The van der Waals surface area contributed by atoms with Crippen LogP contribution in [0.5, 0.6) is 5.75 Å². The van der Waals surface area contributed by atoms with Crippen LogP contribution in [-0.4, -0.2) is 6.61 Å². The van der Waals surface area contributed by atoms with Crippen molar-refractivity contribution >= 4 is 33.5 Å². The predicted molar refractivity (Wildman–Crippen MR) is 137 cm³/mol. The van der Waals surface area contributed by atoms with E-state index in [2.05, 4.69) is 84.6 Å². The van der Waals surface area contributed by atoms with Gasteiger partial charge in [-0.2, -0.15) is 0 Å². The van der Waals surface area contributed by atoms with Gasteiger partial charge in [0, 0.05) is 22.7 Å². The van der Waals surface area contributed by atoms with Gasteiger partial charge in [-0.3, -0.25) is 0 Å². The van der Waals surface area contributed by atoms with Crippen molar-refractivity contribution in [2.24, 2.45) is 0 Å². The largest absolute Gasteiger partial charge is 0.494 e. The standard InChI is InChI=1S/C29H32N2O/c1-2-3-4-5-9-20-32-29-19-13-23-21-28(16-12-24(23)22-29)31(26-10-7-6-8-11-26)27-17-14-25(30)15-18-27/h6-8,10-19,21-22H,2-5,9,20,30H2,1H3. The third-order valence-electron chi connectivity index (χ3n) is 5.74. The predicted octanol–water partition coefficient (Wildman–Crippen LogP) is 8.24. The molecule has 0 spiro atoms. The van der Waals surface area contributed by atoms with Crippen LogP contribution >= 0.6 is 0 Å². The molecule has 0 saturated carbocycles. The normalized spacial score (nSPS) is 10.9. The molecule has 0 unspecified atom stereocenters. The fraction of sp³-hybridized carbons (Fsp3) is 0.241. The fourth-order valence-electron chi connectivity index (χ4n) is 3.98. The summed E-state index contributed by atoms with van der Waals surface area (Å²) in [5.41, 5.74) is 9.99. The Morgan fingerprint density at radius 3 is 2.09 bits per heavy atom. The summed E-state index contributed by atoms with van der Waals surface area (Å²) in [4.78, 5) is 2.25. The summed E-state index contributed by atoms with van der Waals surface area (Å²) in [6, 6.07) is 31.3. The zero-order valence-corrected chi connectivity index (χ0v) is 18.8. The van der Waals surface area contributed by atoms with Gasteiger partial charge < -0.3 is 15.4 Å². The number of rotatable bonds is 10. The average molecular weight is 425 g/mol. The third-order valence-corrected chi connectivity index (χ3v) is 5.74. The van der Waals surface area contributed by atoms with E-state index < -0.39 is 0 Å². The number of ether oxygens (including phenoxy) is 1. The summed E-state index contributed by atoms with van der Waals surface area (Å²) in [6.45, 7) is 3.03. The number of nitrogens with two attached hydrogens (primary N) is 1. The molecule has 0 aliphatic rings. The molecule has 164 valence electrons. The zero-order chi connectivity index (χ0) is 22.2. The maximum atomic E-state index is 6.00. The van der Waals surface area contributed by atoms with Crippen LogP contribution in [0.4, 0.5) is 22.7 Å². The molecule has 0 bridgehead atoms. The molecule has 32 heavy (non-hydrogen) atoms. The molecule has 0 aromatic heterocycles. The Kier molecular flexibility index (Phi) is 7.29. The van der Waals surface area contributed by atoms with Crippen molar-refractivity contribution in [1.82, 2.24) is 0 Å². The SMILES string of the molecule is CCCCCCCOc1ccc2cc(N(c3ccccc3)c3ccc(N)cc3)ccc2c1. The van der Waals surface area contributed by atoms with Gasteiger partial charge in [-0.05, 0) is 77.9 Å². The Morgan fingerprint density at radius 1 is 0.656 bits per heavy atom. The average Bonchev–Trinajstić information content (AvgIpc) is 2.83. The Hall–Kier alpha value is -3.46. The third kappa shape index (κ3) is 5.42. The second-order valence-corrected chi connectivity index (χ2v) is 8.22. The van der Waals surface area contributed by atoms with Gasteiger partial charge in [0.15, 0.2) is 0 Å². The molecular formula is C29H32N2O. The van der Waals surface area contributed by atoms with Gasteiger partial charge >= 0.3 is 0 Å². The highest BCUT2D eigenvalue weighted by Gasteiger charge is 2.12. The van der Waals surface area contributed by atoms with Gasteiger partial charge in [0.2, 0.25) is 0 Å². The maximum Gasteiger partial charge on any atom is 0.119 e. The van der Waals surface area contributed by atoms with Crippen molar-refractivity contribution in [1.29, 1.82) is 0 Å². The molecule has 4 aromatic rings. The maximum absolute atomic E-state index is 6.00. The number of nitrogens with zero attached hydrogens (tertiary/aromatic N) is 1. The van der Waals surface area contributed by atoms with Crippen LogP contribution in [0.1, 0.15) is 39.0 Å². The number of hydrogen-bond donors (Lipinski definition) is 1. The van der Waals surface area contributed by atoms with Crippen LogP contribution in [-0.2, 0) is 0 Å². The van der Waals surface area contributed by atoms with E-state index in [1.54, 1.807) is 0 Å². The number of anilines is 4. The van der Waals surface area contributed by atoms with Crippen LogP contribution in [0.15, 0.2) is 91.0 Å². The van der Waals surface area contributed by atoms with Gasteiger partial charge in [0.1, 0.15) is 5.75 Å². The smallest absolute Gasteiger partial charge is 0.119 e. The molecule has 0 radical (unpaired) electrons. The van der Waals surface area contributed by atoms with E-state index in [1.807, 2.05) is 18.2 Å². The molecule has 0 atom stereocenters. The summed E-state index contributed by atoms with van der Waals surface area (Å²) >= 11 is 0. The van der Waals surface area contributed by atoms with Crippen molar-refractivity contribution in [3.05, 3.63) is 91.0 Å². The number of nitrogen functional groups attached to an aromatic ring is 1. The van der Waals surface area contributed by atoms with E-state index in [4.69, 9.17) is 10.5 Å². The van der Waals surface area contributed by atoms with Crippen molar-refractivity contribution < 1.29 is 4.74 Å². The lowest BCUT2D eigenvalue weighted by molar-refractivity contribution is 0.305. The number of unbranched alkanes of at least 4 members (excludes halogenated alkanes) is 4. The minimum atomic E-state index is 0.762. The quantitative estimate of drug-likeness (QED) is 0.206. The molecule has 0 saturated heterocycles. The van der Waals surface area contributed by atoms with Crippen LogP contribution in [0, 0.1) is 0 Å². The Labute approximate surface area is 191 Å². The van der Waals surface area contributed by atoms with Gasteiger partial charge in [0.25, 0.3) is 0 Å². The van der Waals surface area contributed by atoms with E-state index in [0.29, 0.717) is 0 Å². The first-order chi connectivity index (χ1) is 15.7. The highest BCUT2D eigenvalue weighted by Crippen LogP contribution is 2.36. The van der Waals surface area contributed by atoms with E-state index in [9.17, 15) is 0 Å². The van der Waals surface area contributed by atoms with Crippen LogP contribution in [0.3, 0.4) is 0 Å². The van der Waals surface area contributed by atoms with Crippen molar-refractivity contribution in [2.75, 3.05) is 17.2 Å². The Balaban J connectivity index is 1.56.